The number of nitrogens with one attached hydrogen (secondary N) is 3. The number of halogens is 1. The summed E-state index contributed by atoms with van der Waals surface area (Å²) >= 11 is 7.00. The van der Waals surface area contributed by atoms with Gasteiger partial charge < -0.3 is 44.9 Å². The number of likely N-dealkylation sites (tertiary alicyclic amines) is 1. The Morgan fingerprint density at radius 3 is 2.45 bits per heavy atom. The lowest BCUT2D eigenvalue weighted by Crippen LogP contribution is -2.59. The van der Waals surface area contributed by atoms with Crippen LogP contribution in [0.2, 0.25) is 5.02 Å². The van der Waals surface area contributed by atoms with E-state index in [0.717, 1.165) is 45.3 Å². The largest absolute Gasteiger partial charge is 0.491 e. The van der Waals surface area contributed by atoms with E-state index in [9.17, 15) is 24.3 Å². The highest BCUT2D eigenvalue weighted by molar-refractivity contribution is 6.36. The van der Waals surface area contributed by atoms with Gasteiger partial charge in [0, 0.05) is 43.5 Å². The quantitative estimate of drug-likeness (QED) is 0.193. The summed E-state index contributed by atoms with van der Waals surface area (Å²) in [5.74, 6) is 0.403. The Balaban J connectivity index is 1.04. The second-order valence-corrected chi connectivity index (χ2v) is 18.6. The molecule has 2 aliphatic heterocycles. The minimum atomic E-state index is -1.39. The Kier molecular flexibility index (Phi) is 11.3. The summed E-state index contributed by atoms with van der Waals surface area (Å²) in [6.07, 6.45) is 4.33. The van der Waals surface area contributed by atoms with Gasteiger partial charge in [-0.25, -0.2) is 14.6 Å². The maximum Gasteiger partial charge on any atom is 0.408 e. The molecule has 2 saturated heterocycles. The first-order valence-corrected chi connectivity index (χ1v) is 21.4. The Hall–Kier alpha value is -4.08. The van der Waals surface area contributed by atoms with E-state index in [1.807, 2.05) is 39.8 Å². The SMILES string of the molecule is CC[C@@H]1C[C@]1(NC(=O)[C@@H]1C[C@@H](Oc2cc(NC3CC3)nc3c(Cl)c(OCCN4CCOCC4)ccc23)CN1C(=O)[C@@H](NC(=O)O[C@@H]1C[C@@H]2C[C@@H]2C1)C(C)(C)C)C(=O)O. The maximum absolute atomic E-state index is 14.7. The van der Waals surface area contributed by atoms with Gasteiger partial charge in [-0.1, -0.05) is 45.7 Å². The van der Waals surface area contributed by atoms with Crippen LogP contribution in [-0.2, 0) is 23.9 Å². The molecule has 0 bridgehead atoms. The van der Waals surface area contributed by atoms with E-state index in [-0.39, 0.29) is 31.0 Å². The molecule has 1 aromatic carbocycles. The second-order valence-electron chi connectivity index (χ2n) is 18.3. The van der Waals surface area contributed by atoms with Crippen LogP contribution in [0, 0.1) is 23.2 Å². The van der Waals surface area contributed by atoms with Crippen LogP contribution >= 0.6 is 11.6 Å². The number of carbonyl (C=O) groups is 4. The summed E-state index contributed by atoms with van der Waals surface area (Å²) in [5, 5.41) is 20.2. The molecule has 2 aromatic rings. The third kappa shape index (κ3) is 8.77. The average molecular weight is 825 g/mol. The van der Waals surface area contributed by atoms with Crippen molar-refractivity contribution in [3.63, 3.8) is 0 Å². The summed E-state index contributed by atoms with van der Waals surface area (Å²) < 4.78 is 24.1. The van der Waals surface area contributed by atoms with Crippen molar-refractivity contribution in [1.82, 2.24) is 25.4 Å². The minimum absolute atomic E-state index is 0.00909. The van der Waals surface area contributed by atoms with Gasteiger partial charge >= 0.3 is 12.1 Å². The molecule has 8 atom stereocenters. The highest BCUT2D eigenvalue weighted by Gasteiger charge is 2.61. The van der Waals surface area contributed by atoms with E-state index in [2.05, 4.69) is 20.9 Å². The van der Waals surface area contributed by atoms with Gasteiger partial charge in [-0.2, -0.15) is 0 Å². The number of morpholine rings is 1. The summed E-state index contributed by atoms with van der Waals surface area (Å²) in [6, 6.07) is 3.63. The van der Waals surface area contributed by atoms with Crippen LogP contribution in [-0.4, -0.2) is 126 Å². The fourth-order valence-electron chi connectivity index (χ4n) is 9.06. The highest BCUT2D eigenvalue weighted by atomic mass is 35.5. The van der Waals surface area contributed by atoms with Gasteiger partial charge in [0.2, 0.25) is 11.8 Å². The van der Waals surface area contributed by atoms with Crippen LogP contribution in [0.3, 0.4) is 0 Å². The summed E-state index contributed by atoms with van der Waals surface area (Å²) in [7, 11) is 0. The number of ether oxygens (including phenoxy) is 4. The number of nitrogens with zero attached hydrogens (tertiary/aromatic N) is 3. The van der Waals surface area contributed by atoms with Crippen LogP contribution in [0.15, 0.2) is 18.2 Å². The van der Waals surface area contributed by atoms with E-state index in [4.69, 9.17) is 35.5 Å². The van der Waals surface area contributed by atoms with E-state index in [1.54, 1.807) is 6.07 Å². The van der Waals surface area contributed by atoms with Crippen LogP contribution < -0.4 is 25.4 Å². The standard InChI is InChI=1S/C42H57ClN6O9/c1-5-25-21-42(25,39(52)53)47-37(50)30-19-28(22-49(30)38(51)36(41(2,3)4)46-40(54)58-27-17-23-16-24(23)18-27)57-32-20-33(44-26-6-7-26)45-35-29(32)8-9-31(34(35)43)56-15-12-48-10-13-55-14-11-48/h8-9,20,23-28,30,36H,5-7,10-19,21-22H2,1-4H3,(H,44,45)(H,46,54)(H,47,50)(H,52,53)/t23-,24+,25-,27+,28-,30+,36-,42-/m1/s1. The molecule has 3 amide bonds. The molecule has 316 valence electrons. The predicted molar refractivity (Wildman–Crippen MR) is 215 cm³/mol. The first-order chi connectivity index (χ1) is 27.7. The molecule has 15 nitrogen and oxygen atoms in total. The Morgan fingerprint density at radius 1 is 1.05 bits per heavy atom. The van der Waals surface area contributed by atoms with Crippen LogP contribution in [0.1, 0.15) is 79.1 Å². The van der Waals surface area contributed by atoms with Crippen LogP contribution in [0.25, 0.3) is 10.9 Å². The molecule has 58 heavy (non-hydrogen) atoms. The van der Waals surface area contributed by atoms with E-state index in [1.165, 1.54) is 11.3 Å². The molecule has 3 heterocycles. The van der Waals surface area contributed by atoms with Crippen molar-refractivity contribution in [2.45, 2.75) is 115 Å². The van der Waals surface area contributed by atoms with Gasteiger partial charge in [-0.3, -0.25) is 14.5 Å². The number of hydrogen-bond acceptors (Lipinski definition) is 11. The van der Waals surface area contributed by atoms with E-state index >= 15 is 0 Å². The average Bonchev–Trinajstić information content (AvgIpc) is 4.15. The topological polar surface area (TPSA) is 181 Å². The normalized spacial score (nSPS) is 29.6. The van der Waals surface area contributed by atoms with Gasteiger partial charge in [0.05, 0.1) is 25.3 Å². The molecule has 6 aliphatic rings. The molecular formula is C42H57ClN6O9. The van der Waals surface area contributed by atoms with Crippen molar-refractivity contribution in [1.29, 1.82) is 0 Å². The second kappa shape index (κ2) is 16.2. The molecule has 4 saturated carbocycles. The van der Waals surface area contributed by atoms with Crippen molar-refractivity contribution in [2.75, 3.05) is 51.3 Å². The lowest BCUT2D eigenvalue weighted by Gasteiger charge is -2.35. The summed E-state index contributed by atoms with van der Waals surface area (Å²) in [5.41, 5.74) is -1.66. The number of amides is 3. The van der Waals surface area contributed by atoms with Gasteiger partial charge in [0.25, 0.3) is 0 Å². The number of pyridine rings is 1. The number of benzene rings is 1. The van der Waals surface area contributed by atoms with E-state index in [0.29, 0.717) is 77.7 Å². The third-order valence-electron chi connectivity index (χ3n) is 12.9. The number of alkyl carbamates (subject to hydrolysis) is 1. The Bertz CT molecular complexity index is 1910. The zero-order valence-electron chi connectivity index (χ0n) is 33.9. The number of rotatable bonds is 15. The van der Waals surface area contributed by atoms with Gasteiger partial charge in [-0.15, -0.1) is 0 Å². The van der Waals surface area contributed by atoms with Crippen LogP contribution in [0.5, 0.6) is 11.5 Å². The van der Waals surface area contributed by atoms with E-state index < -0.39 is 53.0 Å². The van der Waals surface area contributed by atoms with Crippen molar-refractivity contribution in [3.05, 3.63) is 23.2 Å². The number of carboxylic acids is 1. The Morgan fingerprint density at radius 2 is 1.79 bits per heavy atom. The first kappa shape index (κ1) is 40.7. The molecule has 0 radical (unpaired) electrons. The summed E-state index contributed by atoms with van der Waals surface area (Å²) in [6.45, 7) is 11.7. The predicted octanol–water partition coefficient (Wildman–Crippen LogP) is 4.83. The molecular weight excluding hydrogens is 768 g/mol. The van der Waals surface area contributed by atoms with Crippen molar-refractivity contribution in [3.8, 4) is 11.5 Å². The molecule has 1 aromatic heterocycles. The van der Waals surface area contributed by atoms with Crippen molar-refractivity contribution >= 4 is 52.2 Å². The molecule has 16 heteroatoms. The van der Waals surface area contributed by atoms with Gasteiger partial charge in [-0.05, 0) is 73.8 Å². The Labute approximate surface area is 344 Å². The molecule has 0 spiro atoms. The minimum Gasteiger partial charge on any atom is -0.491 e. The number of carbonyl (C=O) groups excluding carboxylic acids is 3. The van der Waals surface area contributed by atoms with Crippen molar-refractivity contribution in [2.24, 2.45) is 23.2 Å². The smallest absolute Gasteiger partial charge is 0.408 e. The number of fused-ring (bicyclic) bond motifs is 2. The van der Waals surface area contributed by atoms with Gasteiger partial charge in [0.15, 0.2) is 0 Å². The molecule has 6 fully saturated rings. The number of aromatic nitrogens is 1. The number of anilines is 1. The molecule has 8 rings (SSSR count). The number of carboxylic acid groups (broad SMARTS) is 1. The zero-order valence-corrected chi connectivity index (χ0v) is 34.6. The monoisotopic (exact) mass is 824 g/mol. The third-order valence-corrected chi connectivity index (χ3v) is 13.2. The molecule has 0 unspecified atom stereocenters. The van der Waals surface area contributed by atoms with Crippen LogP contribution in [0.4, 0.5) is 10.6 Å². The fraction of sp³-hybridized carbons (Fsp3) is 0.690. The fourth-order valence-corrected chi connectivity index (χ4v) is 9.32. The number of hydrogen-bond donors (Lipinski definition) is 4. The molecule has 4 aliphatic carbocycles. The van der Waals surface area contributed by atoms with Crippen molar-refractivity contribution < 1.29 is 43.2 Å². The zero-order chi connectivity index (χ0) is 40.9. The maximum atomic E-state index is 14.7. The lowest BCUT2D eigenvalue weighted by molar-refractivity contribution is -0.146. The summed E-state index contributed by atoms with van der Waals surface area (Å²) in [4.78, 5) is 63.2. The lowest BCUT2D eigenvalue weighted by atomic mass is 9.85. The van der Waals surface area contributed by atoms with Gasteiger partial charge in [0.1, 0.15) is 58.8 Å². The number of aliphatic carboxylic acids is 1. The molecule has 4 N–H and O–H groups in total. The highest BCUT2D eigenvalue weighted by Crippen LogP contribution is 2.52. The first-order valence-electron chi connectivity index (χ1n) is 21.0.